The minimum atomic E-state index is -0.889. The molecule has 1 aromatic rings. The fourth-order valence-corrected chi connectivity index (χ4v) is 1.75. The van der Waals surface area contributed by atoms with Gasteiger partial charge in [0.15, 0.2) is 0 Å². The molecule has 0 amide bonds. The van der Waals surface area contributed by atoms with Crippen molar-refractivity contribution in [3.63, 3.8) is 0 Å². The highest BCUT2D eigenvalue weighted by Crippen LogP contribution is 2.17. The second-order valence-corrected chi connectivity index (χ2v) is 4.62. The first kappa shape index (κ1) is 14.8. The molecule has 0 unspecified atom stereocenters. The van der Waals surface area contributed by atoms with Crippen LogP contribution < -0.4 is 5.84 Å². The molecular weight excluding hydrogens is 372 g/mol. The molecule has 0 aliphatic rings. The van der Waals surface area contributed by atoms with Crippen LogP contribution in [0.3, 0.4) is 0 Å². The summed E-state index contributed by atoms with van der Waals surface area (Å²) in [6, 6.07) is 1.49. The second-order valence-electron chi connectivity index (χ2n) is 3.02. The summed E-state index contributed by atoms with van der Waals surface area (Å²) in [5, 5.41) is 3.14. The Morgan fingerprint density at radius 3 is 2.83 bits per heavy atom. The molecule has 0 fully saturated rings. The molecule has 0 spiro atoms. The molecule has 6 nitrogen and oxygen atoms in total. The minimum Gasteiger partial charge on any atom is -0.461 e. The van der Waals surface area contributed by atoms with Gasteiger partial charge in [0.1, 0.15) is 5.15 Å². The summed E-state index contributed by atoms with van der Waals surface area (Å²) in [6.45, 7) is 1.72. The fourth-order valence-electron chi connectivity index (χ4n) is 1.11. The normalized spacial score (nSPS) is 11.2. The Hall–Kier alpha value is -1.22. The summed E-state index contributed by atoms with van der Waals surface area (Å²) in [6.07, 6.45) is 1.49. The summed E-state index contributed by atoms with van der Waals surface area (Å²) in [5.41, 5.74) is -0.455. The molecule has 0 atom stereocenters. The van der Waals surface area contributed by atoms with Crippen LogP contribution in [0.4, 0.5) is 0 Å². The molecule has 96 valence electrons. The SMILES string of the molecule is CCOC(=O)/C(=N\N)C(=O)c1cc(I)cnc1Cl. The third-order valence-corrected chi connectivity index (χ3v) is 2.75. The predicted molar refractivity (Wildman–Crippen MR) is 74.5 cm³/mol. The second kappa shape index (κ2) is 6.64. The van der Waals surface area contributed by atoms with Crippen LogP contribution in [0.5, 0.6) is 0 Å². The van der Waals surface area contributed by atoms with E-state index >= 15 is 0 Å². The van der Waals surface area contributed by atoms with Gasteiger partial charge in [0, 0.05) is 9.77 Å². The maximum absolute atomic E-state index is 12.0. The van der Waals surface area contributed by atoms with Crippen molar-refractivity contribution >= 4 is 51.7 Å². The van der Waals surface area contributed by atoms with Crippen molar-refractivity contribution in [1.29, 1.82) is 0 Å². The molecule has 18 heavy (non-hydrogen) atoms. The molecule has 0 saturated heterocycles. The van der Waals surface area contributed by atoms with Gasteiger partial charge in [-0.15, -0.1) is 0 Å². The first-order chi connectivity index (χ1) is 8.51. The standard InChI is InChI=1S/C10H9ClIN3O3/c1-2-18-10(17)7(15-13)8(16)6-3-5(12)4-14-9(6)11/h3-4H,2,13H2,1H3/b15-7-. The van der Waals surface area contributed by atoms with Crippen LogP contribution in [0.15, 0.2) is 17.4 Å². The summed E-state index contributed by atoms with van der Waals surface area (Å²) < 4.78 is 5.37. The van der Waals surface area contributed by atoms with Crippen molar-refractivity contribution in [2.45, 2.75) is 6.92 Å². The van der Waals surface area contributed by atoms with Gasteiger partial charge in [0.05, 0.1) is 12.2 Å². The number of ether oxygens (including phenoxy) is 1. The van der Waals surface area contributed by atoms with E-state index in [9.17, 15) is 9.59 Å². The first-order valence-corrected chi connectivity index (χ1v) is 6.27. The van der Waals surface area contributed by atoms with E-state index in [0.717, 1.165) is 0 Å². The van der Waals surface area contributed by atoms with Gasteiger partial charge in [-0.25, -0.2) is 9.78 Å². The number of nitrogens with zero attached hydrogens (tertiary/aromatic N) is 2. The molecule has 8 heteroatoms. The van der Waals surface area contributed by atoms with Crippen LogP contribution in [0.2, 0.25) is 5.15 Å². The smallest absolute Gasteiger partial charge is 0.362 e. The monoisotopic (exact) mass is 381 g/mol. The molecule has 0 aliphatic heterocycles. The maximum atomic E-state index is 12.0. The summed E-state index contributed by atoms with van der Waals surface area (Å²) in [4.78, 5) is 27.3. The average Bonchev–Trinajstić information content (AvgIpc) is 2.33. The van der Waals surface area contributed by atoms with E-state index in [1.807, 2.05) is 22.6 Å². The van der Waals surface area contributed by atoms with Crippen molar-refractivity contribution in [2.75, 3.05) is 6.61 Å². The Labute approximate surface area is 122 Å². The van der Waals surface area contributed by atoms with Crippen molar-refractivity contribution in [3.8, 4) is 0 Å². The van der Waals surface area contributed by atoms with Gasteiger partial charge >= 0.3 is 5.97 Å². The van der Waals surface area contributed by atoms with E-state index < -0.39 is 17.5 Å². The number of aromatic nitrogens is 1. The van der Waals surface area contributed by atoms with Crippen LogP contribution in [0, 0.1) is 3.57 Å². The molecule has 1 rings (SSSR count). The van der Waals surface area contributed by atoms with Gasteiger partial charge in [-0.05, 0) is 35.6 Å². The largest absolute Gasteiger partial charge is 0.461 e. The van der Waals surface area contributed by atoms with Crippen molar-refractivity contribution in [3.05, 3.63) is 26.5 Å². The van der Waals surface area contributed by atoms with Gasteiger partial charge < -0.3 is 10.6 Å². The van der Waals surface area contributed by atoms with Crippen molar-refractivity contribution in [1.82, 2.24) is 4.98 Å². The van der Waals surface area contributed by atoms with E-state index in [1.54, 1.807) is 6.92 Å². The lowest BCUT2D eigenvalue weighted by atomic mass is 10.1. The highest BCUT2D eigenvalue weighted by atomic mass is 127. The number of carbonyl (C=O) groups excluding carboxylic acids is 2. The van der Waals surface area contributed by atoms with Gasteiger partial charge in [-0.2, -0.15) is 5.10 Å². The number of pyridine rings is 1. The van der Waals surface area contributed by atoms with Crippen molar-refractivity contribution in [2.24, 2.45) is 10.9 Å². The van der Waals surface area contributed by atoms with Gasteiger partial charge in [0.2, 0.25) is 11.5 Å². The molecule has 0 aliphatic carbocycles. The number of halogens is 2. The summed E-state index contributed by atoms with van der Waals surface area (Å²) >= 11 is 7.75. The lowest BCUT2D eigenvalue weighted by Crippen LogP contribution is -2.28. The number of hydrazone groups is 1. The van der Waals surface area contributed by atoms with Gasteiger partial charge in [-0.3, -0.25) is 4.79 Å². The van der Waals surface area contributed by atoms with Gasteiger partial charge in [-0.1, -0.05) is 11.6 Å². The third-order valence-electron chi connectivity index (χ3n) is 1.86. The maximum Gasteiger partial charge on any atom is 0.362 e. The molecular formula is C10H9ClIN3O3. The number of Topliss-reactive ketones (excluding diaryl/α,β-unsaturated/α-hetero) is 1. The van der Waals surface area contributed by atoms with Crippen LogP contribution in [0.25, 0.3) is 0 Å². The number of hydrogen-bond acceptors (Lipinski definition) is 6. The number of esters is 1. The Morgan fingerprint density at radius 2 is 2.28 bits per heavy atom. The van der Waals surface area contributed by atoms with E-state index in [2.05, 4.69) is 14.8 Å². The summed E-state index contributed by atoms with van der Waals surface area (Å²) in [7, 11) is 0. The molecule has 0 aromatic carbocycles. The van der Waals surface area contributed by atoms with E-state index in [1.165, 1.54) is 12.3 Å². The van der Waals surface area contributed by atoms with E-state index in [4.69, 9.17) is 17.4 Å². The number of ketones is 1. The van der Waals surface area contributed by atoms with Crippen molar-refractivity contribution < 1.29 is 14.3 Å². The zero-order valence-electron chi connectivity index (χ0n) is 9.31. The lowest BCUT2D eigenvalue weighted by Gasteiger charge is -2.05. The highest BCUT2D eigenvalue weighted by molar-refractivity contribution is 14.1. The molecule has 0 radical (unpaired) electrons. The van der Waals surface area contributed by atoms with E-state index in [-0.39, 0.29) is 17.3 Å². The zero-order valence-corrected chi connectivity index (χ0v) is 12.2. The number of carbonyl (C=O) groups is 2. The molecule has 1 aromatic heterocycles. The molecule has 0 bridgehead atoms. The third kappa shape index (κ3) is 3.39. The van der Waals surface area contributed by atoms with E-state index in [0.29, 0.717) is 3.57 Å². The van der Waals surface area contributed by atoms with Crippen LogP contribution in [-0.2, 0) is 9.53 Å². The zero-order chi connectivity index (χ0) is 13.7. The topological polar surface area (TPSA) is 94.6 Å². The van der Waals surface area contributed by atoms with Crippen LogP contribution in [0.1, 0.15) is 17.3 Å². The van der Waals surface area contributed by atoms with Crippen LogP contribution in [-0.4, -0.2) is 29.1 Å². The quantitative estimate of drug-likeness (QED) is 0.124. The predicted octanol–water partition coefficient (Wildman–Crippen LogP) is 1.40. The Morgan fingerprint density at radius 1 is 1.61 bits per heavy atom. The Kier molecular flexibility index (Phi) is 5.48. The molecule has 2 N–H and O–H groups in total. The Balaban J connectivity index is 3.12. The fraction of sp³-hybridized carbons (Fsp3) is 0.200. The number of hydrogen-bond donors (Lipinski definition) is 1. The number of rotatable bonds is 4. The highest BCUT2D eigenvalue weighted by Gasteiger charge is 2.25. The average molecular weight is 382 g/mol. The summed E-state index contributed by atoms with van der Waals surface area (Å²) in [5.74, 6) is 3.43. The Bertz CT molecular complexity index is 519. The lowest BCUT2D eigenvalue weighted by molar-refractivity contribution is -0.134. The molecule has 0 saturated carbocycles. The minimum absolute atomic E-state index is 0.0223. The first-order valence-electron chi connectivity index (χ1n) is 4.82. The van der Waals surface area contributed by atoms with Gasteiger partial charge in [0.25, 0.3) is 0 Å². The molecule has 1 heterocycles. The van der Waals surface area contributed by atoms with Crippen LogP contribution >= 0.6 is 34.2 Å². The number of nitrogens with two attached hydrogens (primary N) is 1.